The van der Waals surface area contributed by atoms with Crippen LogP contribution in [0.15, 0.2) is 30.3 Å². The molecule has 0 aliphatic carbocycles. The van der Waals surface area contributed by atoms with Crippen molar-refractivity contribution in [3.05, 3.63) is 46.5 Å². The number of hydrogen-bond acceptors (Lipinski definition) is 6. The molecule has 0 fully saturated rings. The number of rotatable bonds is 8. The van der Waals surface area contributed by atoms with E-state index in [4.69, 9.17) is 30.5 Å². The molecule has 0 aliphatic heterocycles. The highest BCUT2D eigenvalue weighted by Gasteiger charge is 2.22. The minimum absolute atomic E-state index is 0.142. The Bertz CT molecular complexity index is 899. The first-order valence-corrected chi connectivity index (χ1v) is 9.35. The third kappa shape index (κ3) is 5.54. The fourth-order valence-electron chi connectivity index (χ4n) is 2.56. The number of carbonyl (C=O) groups is 2. The average molecular weight is 422 g/mol. The fraction of sp³-hybridized carbons (Fsp3) is 0.333. The molecule has 0 saturated carbocycles. The lowest BCUT2D eigenvalue weighted by molar-refractivity contribution is -0.123. The molecular weight excluding hydrogens is 398 g/mol. The highest BCUT2D eigenvalue weighted by molar-refractivity contribution is 6.32. The predicted molar refractivity (Wildman–Crippen MR) is 110 cm³/mol. The van der Waals surface area contributed by atoms with Crippen LogP contribution in [0.1, 0.15) is 29.8 Å². The van der Waals surface area contributed by atoms with Gasteiger partial charge in [-0.05, 0) is 50.6 Å². The molecule has 0 heterocycles. The number of halogens is 1. The van der Waals surface area contributed by atoms with Crippen molar-refractivity contribution in [1.82, 2.24) is 0 Å². The van der Waals surface area contributed by atoms with Crippen molar-refractivity contribution in [2.75, 3.05) is 26.1 Å². The largest absolute Gasteiger partial charge is 0.495 e. The van der Waals surface area contributed by atoms with Gasteiger partial charge in [0, 0.05) is 0 Å². The second-order valence-electron chi connectivity index (χ2n) is 6.16. The molecule has 2 rings (SSSR count). The van der Waals surface area contributed by atoms with Crippen LogP contribution in [0.25, 0.3) is 0 Å². The molecule has 0 unspecified atom stereocenters. The third-order valence-corrected chi connectivity index (χ3v) is 4.30. The van der Waals surface area contributed by atoms with Crippen molar-refractivity contribution in [2.24, 2.45) is 0 Å². The topological polar surface area (TPSA) is 83.1 Å². The number of benzene rings is 2. The minimum Gasteiger partial charge on any atom is -0.495 e. The normalized spacial score (nSPS) is 11.4. The molecular formula is C21H24ClNO6. The molecule has 2 aromatic carbocycles. The first kappa shape index (κ1) is 22.4. The molecule has 7 nitrogen and oxygen atoms in total. The van der Waals surface area contributed by atoms with Gasteiger partial charge in [-0.25, -0.2) is 4.79 Å². The summed E-state index contributed by atoms with van der Waals surface area (Å²) in [5.74, 6) is -0.0673. The quantitative estimate of drug-likeness (QED) is 0.641. The van der Waals surface area contributed by atoms with Crippen LogP contribution in [0, 0.1) is 6.92 Å². The molecule has 156 valence electrons. The number of carbonyl (C=O) groups excluding carboxylic acids is 2. The second kappa shape index (κ2) is 10.0. The Morgan fingerprint density at radius 2 is 1.79 bits per heavy atom. The number of methoxy groups -OCH3 is 2. The zero-order valence-corrected chi connectivity index (χ0v) is 17.8. The summed E-state index contributed by atoms with van der Waals surface area (Å²) < 4.78 is 21.2. The Hall–Kier alpha value is -2.93. The molecule has 8 heteroatoms. The number of nitrogens with one attached hydrogen (secondary N) is 1. The molecule has 0 aliphatic rings. The van der Waals surface area contributed by atoms with E-state index in [0.717, 1.165) is 5.56 Å². The van der Waals surface area contributed by atoms with Crippen molar-refractivity contribution >= 4 is 29.2 Å². The van der Waals surface area contributed by atoms with E-state index in [1.165, 1.54) is 33.3 Å². The van der Waals surface area contributed by atoms with Crippen LogP contribution in [0.3, 0.4) is 0 Å². The predicted octanol–water partition coefficient (Wildman–Crippen LogP) is 4.25. The van der Waals surface area contributed by atoms with Crippen LogP contribution in [0.4, 0.5) is 5.69 Å². The first-order chi connectivity index (χ1) is 13.8. The number of aryl methyl sites for hydroxylation is 1. The van der Waals surface area contributed by atoms with Crippen molar-refractivity contribution in [3.63, 3.8) is 0 Å². The van der Waals surface area contributed by atoms with E-state index in [0.29, 0.717) is 29.5 Å². The minimum atomic E-state index is -1.05. The maximum atomic E-state index is 12.5. The summed E-state index contributed by atoms with van der Waals surface area (Å²) in [7, 11) is 2.95. The molecule has 0 radical (unpaired) electrons. The third-order valence-electron chi connectivity index (χ3n) is 4.02. The van der Waals surface area contributed by atoms with E-state index in [2.05, 4.69) is 5.32 Å². The van der Waals surface area contributed by atoms with E-state index in [1.807, 2.05) is 19.9 Å². The molecule has 2 aromatic rings. The Morgan fingerprint density at radius 1 is 1.10 bits per heavy atom. The van der Waals surface area contributed by atoms with Gasteiger partial charge < -0.3 is 24.3 Å². The van der Waals surface area contributed by atoms with Crippen LogP contribution in [0.2, 0.25) is 5.02 Å². The summed E-state index contributed by atoms with van der Waals surface area (Å²) in [4.78, 5) is 25.0. The summed E-state index contributed by atoms with van der Waals surface area (Å²) in [5, 5.41) is 2.91. The van der Waals surface area contributed by atoms with Crippen LogP contribution < -0.4 is 19.5 Å². The van der Waals surface area contributed by atoms with Crippen molar-refractivity contribution in [2.45, 2.75) is 26.9 Å². The van der Waals surface area contributed by atoms with E-state index < -0.39 is 18.0 Å². The van der Waals surface area contributed by atoms with E-state index in [-0.39, 0.29) is 10.6 Å². The smallest absolute Gasteiger partial charge is 0.339 e. The van der Waals surface area contributed by atoms with Gasteiger partial charge in [-0.3, -0.25) is 4.79 Å². The Morgan fingerprint density at radius 3 is 2.41 bits per heavy atom. The highest BCUT2D eigenvalue weighted by atomic mass is 35.5. The van der Waals surface area contributed by atoms with Gasteiger partial charge in [0.1, 0.15) is 5.75 Å². The monoisotopic (exact) mass is 421 g/mol. The Labute approximate surface area is 174 Å². The van der Waals surface area contributed by atoms with Crippen LogP contribution in [0.5, 0.6) is 17.2 Å². The number of esters is 1. The highest BCUT2D eigenvalue weighted by Crippen LogP contribution is 2.36. The summed E-state index contributed by atoms with van der Waals surface area (Å²) in [6.45, 7) is 5.56. The lowest BCUT2D eigenvalue weighted by Gasteiger charge is -2.17. The summed E-state index contributed by atoms with van der Waals surface area (Å²) in [6, 6.07) is 8.23. The lowest BCUT2D eigenvalue weighted by atomic mass is 10.2. The number of amides is 1. The van der Waals surface area contributed by atoms with Gasteiger partial charge >= 0.3 is 5.97 Å². The summed E-state index contributed by atoms with van der Waals surface area (Å²) in [5.41, 5.74) is 1.58. The lowest BCUT2D eigenvalue weighted by Crippen LogP contribution is -2.30. The second-order valence-corrected chi connectivity index (χ2v) is 6.57. The van der Waals surface area contributed by atoms with Crippen LogP contribution in [-0.2, 0) is 9.53 Å². The summed E-state index contributed by atoms with van der Waals surface area (Å²) in [6.07, 6.45) is -1.05. The number of hydrogen-bond donors (Lipinski definition) is 1. The molecule has 29 heavy (non-hydrogen) atoms. The zero-order chi connectivity index (χ0) is 21.6. The Kier molecular flexibility index (Phi) is 7.73. The van der Waals surface area contributed by atoms with Gasteiger partial charge in [-0.2, -0.15) is 0 Å². The van der Waals surface area contributed by atoms with Crippen molar-refractivity contribution in [3.8, 4) is 17.2 Å². The average Bonchev–Trinajstić information content (AvgIpc) is 2.69. The van der Waals surface area contributed by atoms with Gasteiger partial charge in [0.25, 0.3) is 5.91 Å². The Balaban J connectivity index is 2.13. The molecule has 0 saturated heterocycles. The van der Waals surface area contributed by atoms with Gasteiger partial charge in [0.05, 0.1) is 37.1 Å². The van der Waals surface area contributed by atoms with Gasteiger partial charge in [0.15, 0.2) is 17.6 Å². The number of ether oxygens (including phenoxy) is 4. The standard InChI is InChI=1S/C21H24ClNO6/c1-6-28-19-15(22)10-14(11-18(19)27-5)21(25)29-13(3)20(24)23-16-9-12(2)7-8-17(16)26-4/h7-11,13H,6H2,1-5H3,(H,23,24)/t13-/m1/s1. The van der Waals surface area contributed by atoms with Gasteiger partial charge in [-0.15, -0.1) is 0 Å². The van der Waals surface area contributed by atoms with Crippen LogP contribution in [-0.4, -0.2) is 38.8 Å². The maximum absolute atomic E-state index is 12.5. The van der Waals surface area contributed by atoms with Crippen molar-refractivity contribution in [1.29, 1.82) is 0 Å². The molecule has 0 spiro atoms. The van der Waals surface area contributed by atoms with Crippen LogP contribution >= 0.6 is 11.6 Å². The molecule has 1 N–H and O–H groups in total. The summed E-state index contributed by atoms with van der Waals surface area (Å²) >= 11 is 6.18. The molecule has 1 atom stereocenters. The molecule has 0 bridgehead atoms. The SMILES string of the molecule is CCOc1c(Cl)cc(C(=O)O[C@H](C)C(=O)Nc2cc(C)ccc2OC)cc1OC. The van der Waals surface area contributed by atoms with Gasteiger partial charge in [-0.1, -0.05) is 17.7 Å². The van der Waals surface area contributed by atoms with E-state index >= 15 is 0 Å². The van der Waals surface area contributed by atoms with E-state index in [1.54, 1.807) is 12.1 Å². The van der Waals surface area contributed by atoms with Crippen molar-refractivity contribution < 1.29 is 28.5 Å². The fourth-order valence-corrected chi connectivity index (χ4v) is 2.82. The van der Waals surface area contributed by atoms with E-state index in [9.17, 15) is 9.59 Å². The zero-order valence-electron chi connectivity index (χ0n) is 17.0. The molecule has 1 amide bonds. The molecule has 0 aromatic heterocycles. The van der Waals surface area contributed by atoms with Gasteiger partial charge in [0.2, 0.25) is 0 Å². The number of anilines is 1. The maximum Gasteiger partial charge on any atom is 0.339 e. The first-order valence-electron chi connectivity index (χ1n) is 8.97.